The van der Waals surface area contributed by atoms with Crippen LogP contribution in [0.15, 0.2) is 11.3 Å². The summed E-state index contributed by atoms with van der Waals surface area (Å²) < 4.78 is 0. The summed E-state index contributed by atoms with van der Waals surface area (Å²) in [6.45, 7) is 12.5. The molecule has 0 bridgehead atoms. The smallest absolute Gasteiger partial charge is 0.0923 e. The number of rotatable bonds is 5. The van der Waals surface area contributed by atoms with Crippen LogP contribution in [0.1, 0.15) is 112 Å². The molecule has 0 aliphatic heterocycles. The minimum absolute atomic E-state index is 0.313. The first-order chi connectivity index (χ1) is 13.3. The fraction of sp³-hybridized carbons (Fsp3) is 0.926. The lowest BCUT2D eigenvalue weighted by Crippen LogP contribution is -2.50. The van der Waals surface area contributed by atoms with Gasteiger partial charge in [0.25, 0.3) is 0 Å². The lowest BCUT2D eigenvalue weighted by atomic mass is 9.46. The Morgan fingerprint density at radius 3 is 2.50 bits per heavy atom. The zero-order valence-electron chi connectivity index (χ0n) is 19.4. The zero-order valence-corrected chi connectivity index (χ0v) is 19.4. The Balaban J connectivity index is 1.52. The number of allylic oxidation sites excluding steroid dienone is 2. The third-order valence-electron chi connectivity index (χ3n) is 10.3. The molecule has 3 fully saturated rings. The van der Waals surface area contributed by atoms with Gasteiger partial charge in [-0.15, -0.1) is 0 Å². The average molecular weight is 387 g/mol. The van der Waals surface area contributed by atoms with Gasteiger partial charge >= 0.3 is 0 Å². The second kappa shape index (κ2) is 7.66. The maximum Gasteiger partial charge on any atom is 0.0923 e. The highest BCUT2D eigenvalue weighted by molar-refractivity contribution is 5.27. The molecule has 1 nitrogen and oxygen atoms in total. The van der Waals surface area contributed by atoms with Gasteiger partial charge in [0.15, 0.2) is 0 Å². The highest BCUT2D eigenvalue weighted by Crippen LogP contribution is 2.68. The highest BCUT2D eigenvalue weighted by Gasteiger charge is 2.59. The Morgan fingerprint density at radius 1 is 0.964 bits per heavy atom. The first kappa shape index (κ1) is 20.8. The molecule has 4 aliphatic rings. The minimum atomic E-state index is 0.313. The van der Waals surface area contributed by atoms with E-state index in [2.05, 4.69) is 34.6 Å². The molecular weight excluding hydrogens is 340 g/mol. The van der Waals surface area contributed by atoms with E-state index in [1.54, 1.807) is 0 Å². The molecule has 0 spiro atoms. The summed E-state index contributed by atoms with van der Waals surface area (Å²) >= 11 is 0. The van der Waals surface area contributed by atoms with Gasteiger partial charge in [-0.1, -0.05) is 60.3 Å². The number of hydrogen-bond acceptors (Lipinski definition) is 1. The van der Waals surface area contributed by atoms with Gasteiger partial charge in [0, 0.05) is 6.42 Å². The van der Waals surface area contributed by atoms with E-state index >= 15 is 0 Å². The molecule has 0 saturated heterocycles. The quantitative estimate of drug-likeness (QED) is 0.503. The van der Waals surface area contributed by atoms with E-state index < -0.39 is 0 Å². The number of fused-ring (bicyclic) bond motifs is 5. The van der Waals surface area contributed by atoms with E-state index in [0.29, 0.717) is 10.8 Å². The Labute approximate surface area is 174 Å². The van der Waals surface area contributed by atoms with Crippen LogP contribution in [-0.2, 0) is 0 Å². The van der Waals surface area contributed by atoms with Crippen LogP contribution in [-0.4, -0.2) is 5.11 Å². The molecule has 7 atom stereocenters. The maximum absolute atomic E-state index is 11.0. The lowest BCUT2D eigenvalue weighted by molar-refractivity contribution is -0.0589. The van der Waals surface area contributed by atoms with Crippen LogP contribution in [0.5, 0.6) is 0 Å². The van der Waals surface area contributed by atoms with Gasteiger partial charge in [0.2, 0.25) is 0 Å². The van der Waals surface area contributed by atoms with E-state index in [1.807, 2.05) is 0 Å². The lowest BCUT2D eigenvalue weighted by Gasteiger charge is -2.58. The highest BCUT2D eigenvalue weighted by atomic mass is 16.3. The summed E-state index contributed by atoms with van der Waals surface area (Å²) in [5.74, 6) is 5.89. The molecule has 4 rings (SSSR count). The number of aliphatic hydroxyl groups is 1. The Bertz CT molecular complexity index is 603. The van der Waals surface area contributed by atoms with Gasteiger partial charge in [0.05, 0.1) is 5.76 Å². The number of hydrogen-bond donors (Lipinski definition) is 1. The molecule has 160 valence electrons. The van der Waals surface area contributed by atoms with Crippen molar-refractivity contribution in [2.24, 2.45) is 46.3 Å². The Morgan fingerprint density at radius 2 is 1.75 bits per heavy atom. The molecule has 4 aliphatic carbocycles. The number of aliphatic hydroxyl groups excluding tert-OH is 1. The largest absolute Gasteiger partial charge is 0.512 e. The van der Waals surface area contributed by atoms with E-state index in [-0.39, 0.29) is 0 Å². The summed E-state index contributed by atoms with van der Waals surface area (Å²) in [6.07, 6.45) is 16.1. The van der Waals surface area contributed by atoms with Gasteiger partial charge in [-0.3, -0.25) is 0 Å². The molecule has 1 N–H and O–H groups in total. The molecule has 0 aromatic carbocycles. The summed E-state index contributed by atoms with van der Waals surface area (Å²) in [5, 5.41) is 11.0. The molecule has 0 amide bonds. The standard InChI is InChI=1S/C27H46O/c1-18(2)9-8-10-19(3)21-12-13-22-20-17-25(28)24-11-6-7-15-26(24,4)23(20)14-16-27(21,22)5/h18-23,28H,6-17H2,1-5H3/t19-,20+,21-,22+,23+,26-,27-/m1/s1. The van der Waals surface area contributed by atoms with Gasteiger partial charge < -0.3 is 5.11 Å². The van der Waals surface area contributed by atoms with Crippen molar-refractivity contribution in [2.75, 3.05) is 0 Å². The fourth-order valence-electron chi connectivity index (χ4n) is 8.85. The normalized spacial score (nSPS) is 44.2. The Hall–Kier alpha value is -0.460. The van der Waals surface area contributed by atoms with E-state index in [4.69, 9.17) is 0 Å². The van der Waals surface area contributed by atoms with Crippen LogP contribution in [0.3, 0.4) is 0 Å². The predicted octanol–water partition coefficient (Wildman–Crippen LogP) is 8.30. The third-order valence-corrected chi connectivity index (χ3v) is 10.3. The van der Waals surface area contributed by atoms with Crippen LogP contribution in [0.25, 0.3) is 0 Å². The van der Waals surface area contributed by atoms with E-state index in [1.165, 1.54) is 76.2 Å². The van der Waals surface area contributed by atoms with Gasteiger partial charge in [0.1, 0.15) is 0 Å². The molecule has 28 heavy (non-hydrogen) atoms. The molecular formula is C27H46O. The van der Waals surface area contributed by atoms with Crippen molar-refractivity contribution in [3.63, 3.8) is 0 Å². The minimum Gasteiger partial charge on any atom is -0.512 e. The van der Waals surface area contributed by atoms with Crippen molar-refractivity contribution >= 4 is 0 Å². The third kappa shape index (κ3) is 3.27. The van der Waals surface area contributed by atoms with Crippen molar-refractivity contribution in [2.45, 2.75) is 112 Å². The molecule has 0 aromatic rings. The van der Waals surface area contributed by atoms with Crippen LogP contribution in [0.2, 0.25) is 0 Å². The van der Waals surface area contributed by atoms with E-state index in [0.717, 1.165) is 47.7 Å². The van der Waals surface area contributed by atoms with Crippen molar-refractivity contribution in [1.29, 1.82) is 0 Å². The summed E-state index contributed by atoms with van der Waals surface area (Å²) in [7, 11) is 0. The average Bonchev–Trinajstić information content (AvgIpc) is 2.99. The van der Waals surface area contributed by atoms with Crippen molar-refractivity contribution in [3.05, 3.63) is 11.3 Å². The van der Waals surface area contributed by atoms with Gasteiger partial charge in [-0.25, -0.2) is 0 Å². The fourth-order valence-corrected chi connectivity index (χ4v) is 8.85. The zero-order chi connectivity index (χ0) is 20.1. The van der Waals surface area contributed by atoms with Crippen LogP contribution < -0.4 is 0 Å². The summed E-state index contributed by atoms with van der Waals surface area (Å²) in [6, 6.07) is 0. The topological polar surface area (TPSA) is 20.2 Å². The monoisotopic (exact) mass is 386 g/mol. The molecule has 0 radical (unpaired) electrons. The first-order valence-electron chi connectivity index (χ1n) is 12.7. The van der Waals surface area contributed by atoms with Crippen LogP contribution in [0, 0.1) is 46.3 Å². The SMILES string of the molecule is CC(C)CCC[C@@H](C)[C@H]1CC[C@H]2[C@@H]3CC(O)=C4CCCC[C@]4(C)[C@H]3CC[C@]12C. The summed E-state index contributed by atoms with van der Waals surface area (Å²) in [5.41, 5.74) is 2.31. The first-order valence-corrected chi connectivity index (χ1v) is 12.7. The van der Waals surface area contributed by atoms with Crippen LogP contribution in [0.4, 0.5) is 0 Å². The summed E-state index contributed by atoms with van der Waals surface area (Å²) in [4.78, 5) is 0. The molecule has 0 aromatic heterocycles. The maximum atomic E-state index is 11.0. The molecule has 0 unspecified atom stereocenters. The molecule has 1 heteroatoms. The second-order valence-corrected chi connectivity index (χ2v) is 12.2. The van der Waals surface area contributed by atoms with E-state index in [9.17, 15) is 5.11 Å². The van der Waals surface area contributed by atoms with Crippen LogP contribution >= 0.6 is 0 Å². The van der Waals surface area contributed by atoms with Gasteiger partial charge in [-0.05, 0) is 96.9 Å². The molecule has 0 heterocycles. The second-order valence-electron chi connectivity index (χ2n) is 12.2. The molecule has 3 saturated carbocycles. The Kier molecular flexibility index (Phi) is 5.69. The van der Waals surface area contributed by atoms with Crippen molar-refractivity contribution in [3.8, 4) is 0 Å². The van der Waals surface area contributed by atoms with Crippen molar-refractivity contribution < 1.29 is 5.11 Å². The van der Waals surface area contributed by atoms with Crippen molar-refractivity contribution in [1.82, 2.24) is 0 Å². The van der Waals surface area contributed by atoms with Gasteiger partial charge in [-0.2, -0.15) is 0 Å². The predicted molar refractivity (Wildman–Crippen MR) is 119 cm³/mol.